The summed E-state index contributed by atoms with van der Waals surface area (Å²) in [5.41, 5.74) is -0.903. The van der Waals surface area contributed by atoms with Crippen molar-refractivity contribution in [2.24, 2.45) is 5.92 Å². The average Bonchev–Trinajstić information content (AvgIpc) is 3.28. The van der Waals surface area contributed by atoms with Gasteiger partial charge in [-0.2, -0.15) is 0 Å². The molecule has 6 nitrogen and oxygen atoms in total. The third-order valence-corrected chi connectivity index (χ3v) is 4.14. The first kappa shape index (κ1) is 14.5. The topological polar surface area (TPSA) is 78.5 Å². The Bertz CT molecular complexity index is 659. The molecule has 2 aliphatic rings. The molecule has 1 aliphatic heterocycles. The molecule has 0 aromatic heterocycles. The maximum Gasteiger partial charge on any atom is 0.325 e. The molecule has 0 spiro atoms. The van der Waals surface area contributed by atoms with Crippen molar-refractivity contribution in [1.29, 1.82) is 0 Å². The predicted molar refractivity (Wildman–Crippen MR) is 76.4 cm³/mol. The van der Waals surface area contributed by atoms with Gasteiger partial charge in [0.2, 0.25) is 5.91 Å². The quantitative estimate of drug-likeness (QED) is 0.827. The lowest BCUT2D eigenvalue weighted by molar-refractivity contribution is -0.134. The fourth-order valence-electron chi connectivity index (χ4n) is 2.69. The highest BCUT2D eigenvalue weighted by Crippen LogP contribution is 2.42. The lowest BCUT2D eigenvalue weighted by atomic mass is 9.96. The second kappa shape index (κ2) is 5.08. The lowest BCUT2D eigenvalue weighted by Crippen LogP contribution is -2.46. The number of amides is 4. The molecular formula is C15H16FN3O3. The fourth-order valence-corrected chi connectivity index (χ4v) is 2.69. The van der Waals surface area contributed by atoms with Crippen molar-refractivity contribution >= 4 is 23.5 Å². The van der Waals surface area contributed by atoms with Crippen molar-refractivity contribution in [1.82, 2.24) is 10.2 Å². The number of anilines is 1. The molecule has 7 heteroatoms. The van der Waals surface area contributed by atoms with Crippen LogP contribution in [0.1, 0.15) is 19.8 Å². The Labute approximate surface area is 126 Å². The highest BCUT2D eigenvalue weighted by atomic mass is 19.1. The Kier molecular flexibility index (Phi) is 3.35. The van der Waals surface area contributed by atoms with Gasteiger partial charge in [-0.15, -0.1) is 0 Å². The SMILES string of the molecule is C[C@]1(C2CC2)NC(=O)N(CC(=O)Nc2ccccc2F)C1=O. The number of para-hydroxylation sites is 1. The summed E-state index contributed by atoms with van der Waals surface area (Å²) in [5, 5.41) is 5.02. The van der Waals surface area contributed by atoms with Gasteiger partial charge in [0, 0.05) is 0 Å². The van der Waals surface area contributed by atoms with Crippen LogP contribution in [0, 0.1) is 11.7 Å². The summed E-state index contributed by atoms with van der Waals surface area (Å²) in [6, 6.07) is 5.13. The minimum absolute atomic E-state index is 0.0181. The number of carbonyl (C=O) groups excluding carboxylic acids is 3. The summed E-state index contributed by atoms with van der Waals surface area (Å²) >= 11 is 0. The second-order valence-corrected chi connectivity index (χ2v) is 5.83. The van der Waals surface area contributed by atoms with Gasteiger partial charge in [0.05, 0.1) is 5.69 Å². The number of hydrogen-bond acceptors (Lipinski definition) is 3. The van der Waals surface area contributed by atoms with Crippen molar-refractivity contribution < 1.29 is 18.8 Å². The number of nitrogens with one attached hydrogen (secondary N) is 2. The lowest BCUT2D eigenvalue weighted by Gasteiger charge is -2.20. The summed E-state index contributed by atoms with van der Waals surface area (Å²) in [6.07, 6.45) is 1.77. The standard InChI is InChI=1S/C15H16FN3O3/c1-15(9-6-7-9)13(21)19(14(22)18-15)8-12(20)17-11-5-3-2-4-10(11)16/h2-5,9H,6-8H2,1H3,(H,17,20)(H,18,22)/t15-/m1/s1. The van der Waals surface area contributed by atoms with Crippen LogP contribution >= 0.6 is 0 Å². The Morgan fingerprint density at radius 2 is 2.09 bits per heavy atom. The smallest absolute Gasteiger partial charge is 0.323 e. The fraction of sp³-hybridized carbons (Fsp3) is 0.400. The van der Waals surface area contributed by atoms with Crippen LogP contribution in [0.2, 0.25) is 0 Å². The third kappa shape index (κ3) is 2.43. The molecule has 4 amide bonds. The zero-order valence-corrected chi connectivity index (χ0v) is 12.1. The number of carbonyl (C=O) groups is 3. The first-order valence-electron chi connectivity index (χ1n) is 7.10. The van der Waals surface area contributed by atoms with Crippen LogP contribution in [0.3, 0.4) is 0 Å². The summed E-state index contributed by atoms with van der Waals surface area (Å²) in [7, 11) is 0. The molecule has 1 saturated heterocycles. The van der Waals surface area contributed by atoms with Gasteiger partial charge in [-0.1, -0.05) is 12.1 Å². The minimum Gasteiger partial charge on any atom is -0.323 e. The van der Waals surface area contributed by atoms with Gasteiger partial charge >= 0.3 is 6.03 Å². The summed E-state index contributed by atoms with van der Waals surface area (Å²) < 4.78 is 13.5. The Hall–Kier alpha value is -2.44. The Morgan fingerprint density at radius 1 is 1.41 bits per heavy atom. The number of benzene rings is 1. The molecular weight excluding hydrogens is 289 g/mol. The van der Waals surface area contributed by atoms with Crippen molar-refractivity contribution in [2.75, 3.05) is 11.9 Å². The first-order valence-corrected chi connectivity index (χ1v) is 7.10. The van der Waals surface area contributed by atoms with Crippen LogP contribution in [0.25, 0.3) is 0 Å². The number of hydrogen-bond donors (Lipinski definition) is 2. The van der Waals surface area contributed by atoms with E-state index in [4.69, 9.17) is 0 Å². The van der Waals surface area contributed by atoms with Crippen LogP contribution in [-0.4, -0.2) is 34.8 Å². The van der Waals surface area contributed by atoms with Crippen molar-refractivity contribution in [3.8, 4) is 0 Å². The van der Waals surface area contributed by atoms with E-state index in [1.54, 1.807) is 13.0 Å². The Morgan fingerprint density at radius 3 is 2.73 bits per heavy atom. The van der Waals surface area contributed by atoms with Gasteiger partial charge < -0.3 is 10.6 Å². The summed E-state index contributed by atoms with van der Waals surface area (Å²) in [4.78, 5) is 37.1. The molecule has 0 unspecified atom stereocenters. The molecule has 1 aliphatic carbocycles. The largest absolute Gasteiger partial charge is 0.325 e. The van der Waals surface area contributed by atoms with Crippen LogP contribution in [0.15, 0.2) is 24.3 Å². The van der Waals surface area contributed by atoms with E-state index >= 15 is 0 Å². The Balaban J connectivity index is 1.68. The molecule has 0 bridgehead atoms. The van der Waals surface area contributed by atoms with E-state index in [9.17, 15) is 18.8 Å². The number of halogens is 1. The van der Waals surface area contributed by atoms with Gasteiger partial charge in [-0.05, 0) is 37.8 Å². The molecule has 2 fully saturated rings. The normalized spacial score (nSPS) is 24.4. The highest BCUT2D eigenvalue weighted by Gasteiger charge is 2.56. The average molecular weight is 305 g/mol. The van der Waals surface area contributed by atoms with Crippen LogP contribution in [0.5, 0.6) is 0 Å². The van der Waals surface area contributed by atoms with E-state index in [-0.39, 0.29) is 11.6 Å². The molecule has 1 heterocycles. The van der Waals surface area contributed by atoms with Crippen molar-refractivity contribution in [3.63, 3.8) is 0 Å². The molecule has 1 atom stereocenters. The van der Waals surface area contributed by atoms with Crippen LogP contribution < -0.4 is 10.6 Å². The maximum absolute atomic E-state index is 13.5. The summed E-state index contributed by atoms with van der Waals surface area (Å²) in [5.74, 6) is -1.46. The molecule has 22 heavy (non-hydrogen) atoms. The van der Waals surface area contributed by atoms with Gasteiger partial charge in [-0.3, -0.25) is 14.5 Å². The van der Waals surface area contributed by atoms with Gasteiger partial charge in [0.25, 0.3) is 5.91 Å². The van der Waals surface area contributed by atoms with Crippen molar-refractivity contribution in [2.45, 2.75) is 25.3 Å². The second-order valence-electron chi connectivity index (χ2n) is 5.83. The molecule has 3 rings (SSSR count). The number of urea groups is 1. The van der Waals surface area contributed by atoms with E-state index in [0.29, 0.717) is 0 Å². The predicted octanol–water partition coefficient (Wildman–Crippen LogP) is 1.48. The molecule has 2 N–H and O–H groups in total. The van der Waals surface area contributed by atoms with Crippen LogP contribution in [0.4, 0.5) is 14.9 Å². The molecule has 0 radical (unpaired) electrons. The highest BCUT2D eigenvalue weighted by molar-refractivity contribution is 6.10. The van der Waals surface area contributed by atoms with Crippen molar-refractivity contribution in [3.05, 3.63) is 30.1 Å². The van der Waals surface area contributed by atoms with E-state index < -0.39 is 35.7 Å². The molecule has 1 saturated carbocycles. The molecule has 1 aromatic carbocycles. The van der Waals surface area contributed by atoms with E-state index in [2.05, 4.69) is 10.6 Å². The first-order chi connectivity index (χ1) is 10.4. The monoisotopic (exact) mass is 305 g/mol. The van der Waals surface area contributed by atoms with Crippen LogP contribution in [-0.2, 0) is 9.59 Å². The van der Waals surface area contributed by atoms with E-state index in [1.165, 1.54) is 18.2 Å². The maximum atomic E-state index is 13.5. The number of rotatable bonds is 4. The van der Waals surface area contributed by atoms with Gasteiger partial charge in [0.15, 0.2) is 0 Å². The zero-order chi connectivity index (χ0) is 15.9. The van der Waals surface area contributed by atoms with E-state index in [0.717, 1.165) is 17.7 Å². The molecule has 116 valence electrons. The third-order valence-electron chi connectivity index (χ3n) is 4.14. The molecule has 1 aromatic rings. The van der Waals surface area contributed by atoms with Gasteiger partial charge in [0.1, 0.15) is 17.9 Å². The summed E-state index contributed by atoms with van der Waals surface area (Å²) in [6.45, 7) is 1.25. The zero-order valence-electron chi connectivity index (χ0n) is 12.1. The van der Waals surface area contributed by atoms with Gasteiger partial charge in [-0.25, -0.2) is 9.18 Å². The van der Waals surface area contributed by atoms with E-state index in [1.807, 2.05) is 0 Å². The number of nitrogens with zero attached hydrogens (tertiary/aromatic N) is 1. The number of imide groups is 1. The minimum atomic E-state index is -0.921.